The fraction of sp³-hybridized carbons (Fsp3) is 0.136. The number of para-hydroxylation sites is 2. The van der Waals surface area contributed by atoms with Crippen molar-refractivity contribution in [3.8, 4) is 11.1 Å². The molecule has 1 aromatic heterocycles. The Morgan fingerprint density at radius 3 is 2.02 bits per heavy atom. The summed E-state index contributed by atoms with van der Waals surface area (Å²) >= 11 is 0. The van der Waals surface area contributed by atoms with Crippen LogP contribution in [0.25, 0.3) is 54.6 Å². The van der Waals surface area contributed by atoms with Gasteiger partial charge < -0.3 is 9.32 Å². The zero-order chi connectivity index (χ0) is 31.2. The van der Waals surface area contributed by atoms with Gasteiger partial charge in [0.25, 0.3) is 0 Å². The van der Waals surface area contributed by atoms with Gasteiger partial charge in [-0.3, -0.25) is 0 Å². The van der Waals surface area contributed by atoms with E-state index in [1.807, 2.05) is 12.1 Å². The lowest BCUT2D eigenvalue weighted by Crippen LogP contribution is -2.44. The molecule has 1 aliphatic carbocycles. The molecular weight excluding hydrogens is 558 g/mol. The first-order valence-corrected chi connectivity index (χ1v) is 16.2. The van der Waals surface area contributed by atoms with Gasteiger partial charge in [-0.1, -0.05) is 125 Å². The van der Waals surface area contributed by atoms with Crippen LogP contribution in [0.2, 0.25) is 0 Å². The molecule has 8 aromatic rings. The van der Waals surface area contributed by atoms with Crippen LogP contribution >= 0.6 is 0 Å². The molecule has 0 aliphatic heterocycles. The summed E-state index contributed by atoms with van der Waals surface area (Å²) in [4.78, 5) is 2.43. The minimum Gasteiger partial charge on any atom is -0.456 e. The van der Waals surface area contributed by atoms with Crippen LogP contribution in [0.4, 0.5) is 17.1 Å². The molecule has 0 amide bonds. The van der Waals surface area contributed by atoms with Crippen LogP contribution in [0, 0.1) is 0 Å². The van der Waals surface area contributed by atoms with Crippen molar-refractivity contribution in [1.82, 2.24) is 0 Å². The monoisotopic (exact) mass is 593 g/mol. The Hall–Kier alpha value is -5.34. The Morgan fingerprint density at radius 1 is 0.478 bits per heavy atom. The van der Waals surface area contributed by atoms with Crippen molar-refractivity contribution in [1.29, 1.82) is 0 Å². The summed E-state index contributed by atoms with van der Waals surface area (Å²) in [5, 5.41) is 7.47. The van der Waals surface area contributed by atoms with E-state index in [1.165, 1.54) is 49.5 Å². The van der Waals surface area contributed by atoms with Crippen molar-refractivity contribution < 1.29 is 4.42 Å². The molecule has 222 valence electrons. The zero-order valence-corrected chi connectivity index (χ0v) is 26.6. The first-order valence-electron chi connectivity index (χ1n) is 16.2. The molecule has 9 rings (SSSR count). The van der Waals surface area contributed by atoms with Crippen molar-refractivity contribution in [3.05, 3.63) is 151 Å². The molecule has 46 heavy (non-hydrogen) atoms. The zero-order valence-electron chi connectivity index (χ0n) is 26.6. The van der Waals surface area contributed by atoms with Crippen molar-refractivity contribution >= 4 is 60.5 Å². The SMILES string of the molecule is CC1(C)c2ccc3c(ccc4ccccc43)c2-c2cccc(N(c3ccccc3)c3ccc4c(c3)oc3ccccc34)c2C1(C)C. The molecule has 1 heterocycles. The number of fused-ring (bicyclic) bond motifs is 10. The maximum atomic E-state index is 6.40. The molecule has 0 fully saturated rings. The van der Waals surface area contributed by atoms with Gasteiger partial charge in [-0.15, -0.1) is 0 Å². The summed E-state index contributed by atoms with van der Waals surface area (Å²) in [6.07, 6.45) is 0. The van der Waals surface area contributed by atoms with E-state index < -0.39 is 0 Å². The lowest BCUT2D eigenvalue weighted by atomic mass is 9.54. The van der Waals surface area contributed by atoms with Crippen molar-refractivity contribution in [3.63, 3.8) is 0 Å². The van der Waals surface area contributed by atoms with Crippen LogP contribution in [0.1, 0.15) is 38.8 Å². The fourth-order valence-corrected chi connectivity index (χ4v) is 8.00. The van der Waals surface area contributed by atoms with E-state index in [0.717, 1.165) is 33.3 Å². The second kappa shape index (κ2) is 9.58. The van der Waals surface area contributed by atoms with Crippen LogP contribution < -0.4 is 4.90 Å². The highest BCUT2D eigenvalue weighted by Gasteiger charge is 2.48. The topological polar surface area (TPSA) is 16.4 Å². The number of benzene rings is 7. The molecular formula is C44H35NO. The second-order valence-corrected chi connectivity index (χ2v) is 13.8. The highest BCUT2D eigenvalue weighted by atomic mass is 16.3. The van der Waals surface area contributed by atoms with Crippen molar-refractivity contribution in [2.24, 2.45) is 0 Å². The van der Waals surface area contributed by atoms with Crippen LogP contribution in [0.3, 0.4) is 0 Å². The van der Waals surface area contributed by atoms with Gasteiger partial charge in [0.15, 0.2) is 0 Å². The summed E-state index contributed by atoms with van der Waals surface area (Å²) in [5.41, 5.74) is 10.3. The first kappa shape index (κ1) is 27.0. The van der Waals surface area contributed by atoms with E-state index in [9.17, 15) is 0 Å². The Kier molecular flexibility index (Phi) is 5.63. The van der Waals surface area contributed by atoms with Gasteiger partial charge in [0, 0.05) is 33.6 Å². The number of furan rings is 1. The Bertz CT molecular complexity index is 2480. The maximum Gasteiger partial charge on any atom is 0.137 e. The summed E-state index contributed by atoms with van der Waals surface area (Å²) in [5.74, 6) is 0. The summed E-state index contributed by atoms with van der Waals surface area (Å²) in [6, 6.07) is 50.7. The lowest BCUT2D eigenvalue weighted by Gasteiger charge is -2.50. The average Bonchev–Trinajstić information content (AvgIpc) is 3.45. The largest absolute Gasteiger partial charge is 0.456 e. The van der Waals surface area contributed by atoms with Gasteiger partial charge >= 0.3 is 0 Å². The third-order valence-electron chi connectivity index (χ3n) is 11.0. The minimum atomic E-state index is -0.188. The van der Waals surface area contributed by atoms with Crippen LogP contribution in [0.5, 0.6) is 0 Å². The molecule has 0 spiro atoms. The first-order chi connectivity index (χ1) is 22.3. The van der Waals surface area contributed by atoms with E-state index in [0.29, 0.717) is 0 Å². The number of hydrogen-bond acceptors (Lipinski definition) is 2. The van der Waals surface area contributed by atoms with E-state index in [-0.39, 0.29) is 10.8 Å². The van der Waals surface area contributed by atoms with Gasteiger partial charge in [-0.2, -0.15) is 0 Å². The lowest BCUT2D eigenvalue weighted by molar-refractivity contribution is 0.300. The summed E-state index contributed by atoms with van der Waals surface area (Å²) in [7, 11) is 0. The normalized spacial score (nSPS) is 14.9. The molecule has 0 saturated heterocycles. The fourth-order valence-electron chi connectivity index (χ4n) is 8.00. The van der Waals surface area contributed by atoms with Crippen LogP contribution in [-0.4, -0.2) is 0 Å². The Labute approximate surface area is 269 Å². The van der Waals surface area contributed by atoms with Gasteiger partial charge in [0.05, 0.1) is 5.69 Å². The molecule has 0 saturated carbocycles. The van der Waals surface area contributed by atoms with Crippen molar-refractivity contribution in [2.45, 2.75) is 38.5 Å². The molecule has 0 radical (unpaired) electrons. The summed E-state index contributed by atoms with van der Waals surface area (Å²) in [6.45, 7) is 9.69. The molecule has 0 unspecified atom stereocenters. The maximum absolute atomic E-state index is 6.40. The van der Waals surface area contributed by atoms with Gasteiger partial charge in [-0.25, -0.2) is 0 Å². The van der Waals surface area contributed by atoms with Gasteiger partial charge in [0.1, 0.15) is 11.2 Å². The third kappa shape index (κ3) is 3.64. The molecule has 0 N–H and O–H groups in total. The van der Waals surface area contributed by atoms with Crippen LogP contribution in [-0.2, 0) is 10.8 Å². The molecule has 0 atom stereocenters. The molecule has 2 nitrogen and oxygen atoms in total. The number of hydrogen-bond donors (Lipinski definition) is 0. The Morgan fingerprint density at radius 2 is 1.17 bits per heavy atom. The Balaban J connectivity index is 1.36. The van der Waals surface area contributed by atoms with Gasteiger partial charge in [-0.05, 0) is 85.6 Å². The molecule has 7 aromatic carbocycles. The standard InChI is InChI=1S/C44H35NO/c1-43(2)37-26-25-32-31-16-9-8-13-28(31)21-23-35(32)41(37)36-18-12-19-38(42(36)44(43,3)4)45(29-14-6-5-7-15-29)30-22-24-34-33-17-10-11-20-39(33)46-40(34)27-30/h5-27H,1-4H3. The van der Waals surface area contributed by atoms with E-state index >= 15 is 0 Å². The van der Waals surface area contributed by atoms with E-state index in [1.54, 1.807) is 0 Å². The predicted octanol–water partition coefficient (Wildman–Crippen LogP) is 12.6. The molecule has 2 heteroatoms. The predicted molar refractivity (Wildman–Crippen MR) is 195 cm³/mol. The highest BCUT2D eigenvalue weighted by Crippen LogP contribution is 2.59. The van der Waals surface area contributed by atoms with E-state index in [4.69, 9.17) is 4.42 Å². The third-order valence-corrected chi connectivity index (χ3v) is 11.0. The van der Waals surface area contributed by atoms with E-state index in [2.05, 4.69) is 160 Å². The molecule has 1 aliphatic rings. The minimum absolute atomic E-state index is 0.143. The molecule has 0 bridgehead atoms. The van der Waals surface area contributed by atoms with Crippen LogP contribution in [0.15, 0.2) is 144 Å². The highest BCUT2D eigenvalue weighted by molar-refractivity contribution is 6.14. The quantitative estimate of drug-likeness (QED) is 0.189. The van der Waals surface area contributed by atoms with Crippen molar-refractivity contribution in [2.75, 3.05) is 4.90 Å². The number of rotatable bonds is 3. The smallest absolute Gasteiger partial charge is 0.137 e. The second-order valence-electron chi connectivity index (χ2n) is 13.8. The summed E-state index contributed by atoms with van der Waals surface area (Å²) < 4.78 is 6.40. The number of anilines is 3. The average molecular weight is 594 g/mol. The number of nitrogens with zero attached hydrogens (tertiary/aromatic N) is 1. The van der Waals surface area contributed by atoms with Gasteiger partial charge in [0.2, 0.25) is 0 Å².